The zero-order chi connectivity index (χ0) is 28.8. The number of aliphatic hydroxyl groups excluding tert-OH is 1. The molecule has 0 radical (unpaired) electrons. The van der Waals surface area contributed by atoms with Crippen molar-refractivity contribution < 1.29 is 39.3 Å². The van der Waals surface area contributed by atoms with E-state index in [0.29, 0.717) is 5.69 Å². The molecule has 0 bridgehead atoms. The number of nitrogens with zero attached hydrogens (tertiary/aromatic N) is 2. The van der Waals surface area contributed by atoms with Crippen LogP contribution >= 0.6 is 0 Å². The Balaban J connectivity index is 2.90. The molecule has 1 heterocycles. The minimum absolute atomic E-state index is 0.0517. The van der Waals surface area contributed by atoms with Gasteiger partial charge >= 0.3 is 11.9 Å². The molecule has 0 spiro atoms. The number of hydrogen-bond donors (Lipinski definition) is 10. The van der Waals surface area contributed by atoms with Crippen molar-refractivity contribution in [3.8, 4) is 0 Å². The Bertz CT molecular complexity index is 979. The third-order valence-corrected chi connectivity index (χ3v) is 5.23. The lowest BCUT2D eigenvalue weighted by atomic mass is 10.1. The molecule has 1 aromatic heterocycles. The Kier molecular flexibility index (Phi) is 13.2. The summed E-state index contributed by atoms with van der Waals surface area (Å²) in [5.41, 5.74) is 16.8. The van der Waals surface area contributed by atoms with Gasteiger partial charge in [-0.15, -0.1) is 0 Å². The van der Waals surface area contributed by atoms with E-state index in [4.69, 9.17) is 22.3 Å². The number of carbonyl (C=O) groups is 5. The summed E-state index contributed by atoms with van der Waals surface area (Å²) < 4.78 is 0. The molecule has 0 saturated carbocycles. The van der Waals surface area contributed by atoms with Gasteiger partial charge in [0.15, 0.2) is 5.96 Å². The number of carbonyl (C=O) groups excluding carboxylic acids is 3. The quantitative estimate of drug-likeness (QED) is 0.0514. The van der Waals surface area contributed by atoms with E-state index in [2.05, 4.69) is 30.9 Å². The van der Waals surface area contributed by atoms with Gasteiger partial charge < -0.3 is 53.5 Å². The predicted molar refractivity (Wildman–Crippen MR) is 132 cm³/mol. The second-order valence-corrected chi connectivity index (χ2v) is 8.46. The number of aliphatic hydroxyl groups is 1. The Morgan fingerprint density at radius 1 is 1.03 bits per heavy atom. The molecule has 17 heteroatoms. The van der Waals surface area contributed by atoms with E-state index in [1.54, 1.807) is 0 Å². The minimum Gasteiger partial charge on any atom is -0.481 e. The fraction of sp³-hybridized carbons (Fsp3) is 0.571. The van der Waals surface area contributed by atoms with Crippen molar-refractivity contribution in [1.29, 1.82) is 0 Å². The zero-order valence-electron chi connectivity index (χ0n) is 20.8. The normalized spacial score (nSPS) is 14.7. The number of aromatic amines is 1. The minimum atomic E-state index is -1.62. The van der Waals surface area contributed by atoms with Gasteiger partial charge in [0.05, 0.1) is 18.5 Å². The molecule has 1 rings (SSSR count). The van der Waals surface area contributed by atoms with Gasteiger partial charge in [0, 0.05) is 31.3 Å². The molecule has 17 nitrogen and oxygen atoms in total. The molecule has 0 aliphatic heterocycles. The van der Waals surface area contributed by atoms with Crippen molar-refractivity contribution in [2.45, 2.75) is 69.3 Å². The molecular formula is C21H35N9O8. The number of H-pyrrole nitrogens is 1. The van der Waals surface area contributed by atoms with Crippen LogP contribution in [0.4, 0.5) is 0 Å². The van der Waals surface area contributed by atoms with Crippen LogP contribution in [0.5, 0.6) is 0 Å². The van der Waals surface area contributed by atoms with Crippen molar-refractivity contribution in [3.63, 3.8) is 0 Å². The molecule has 0 aliphatic carbocycles. The average molecular weight is 542 g/mol. The number of imidazole rings is 1. The van der Waals surface area contributed by atoms with Crippen molar-refractivity contribution in [1.82, 2.24) is 25.9 Å². The number of aliphatic imine (C=N–C) groups is 1. The van der Waals surface area contributed by atoms with Gasteiger partial charge in [-0.2, -0.15) is 0 Å². The second-order valence-electron chi connectivity index (χ2n) is 8.46. The highest BCUT2D eigenvalue weighted by Crippen LogP contribution is 2.05. The van der Waals surface area contributed by atoms with Crippen LogP contribution in [-0.2, 0) is 30.4 Å². The molecule has 5 atom stereocenters. The highest BCUT2D eigenvalue weighted by atomic mass is 16.4. The molecule has 13 N–H and O–H groups in total. The van der Waals surface area contributed by atoms with Gasteiger partial charge in [0.25, 0.3) is 0 Å². The van der Waals surface area contributed by atoms with Gasteiger partial charge in [-0.25, -0.2) is 9.78 Å². The molecule has 0 aliphatic rings. The van der Waals surface area contributed by atoms with Gasteiger partial charge in [0.1, 0.15) is 18.1 Å². The summed E-state index contributed by atoms with van der Waals surface area (Å²) in [4.78, 5) is 71.2. The second kappa shape index (κ2) is 15.8. The van der Waals surface area contributed by atoms with E-state index in [-0.39, 0.29) is 38.2 Å². The Labute approximate surface area is 217 Å². The summed E-state index contributed by atoms with van der Waals surface area (Å²) in [6.07, 6.45) is 0.733. The molecule has 0 fully saturated rings. The Morgan fingerprint density at radius 3 is 2.21 bits per heavy atom. The number of amides is 3. The summed E-state index contributed by atoms with van der Waals surface area (Å²) in [7, 11) is 0. The summed E-state index contributed by atoms with van der Waals surface area (Å²) in [5, 5.41) is 35.4. The highest BCUT2D eigenvalue weighted by Gasteiger charge is 2.33. The van der Waals surface area contributed by atoms with Gasteiger partial charge in [0.2, 0.25) is 17.7 Å². The van der Waals surface area contributed by atoms with Crippen LogP contribution in [0, 0.1) is 0 Å². The number of carboxylic acids is 2. The number of aromatic nitrogens is 2. The first-order valence-corrected chi connectivity index (χ1v) is 11.6. The third-order valence-electron chi connectivity index (χ3n) is 5.23. The lowest BCUT2D eigenvalue weighted by molar-refractivity contribution is -0.143. The number of carboxylic acid groups (broad SMARTS) is 2. The SMILES string of the molecule is CC(O)C(NC(=O)C(CCC(=O)O)NC(=O)C(N)Cc1cnc[nH]1)C(=O)NC(CCCN=C(N)N)C(=O)O. The summed E-state index contributed by atoms with van der Waals surface area (Å²) >= 11 is 0. The summed E-state index contributed by atoms with van der Waals surface area (Å²) in [5.74, 6) is -5.54. The topological polar surface area (TPSA) is 301 Å². The van der Waals surface area contributed by atoms with E-state index < -0.39 is 66.4 Å². The number of hydrogen-bond acceptors (Lipinski definition) is 9. The largest absolute Gasteiger partial charge is 0.481 e. The first-order chi connectivity index (χ1) is 17.8. The first kappa shape index (κ1) is 31.8. The van der Waals surface area contributed by atoms with Crippen LogP contribution in [-0.4, -0.2) is 97.7 Å². The fourth-order valence-corrected chi connectivity index (χ4v) is 3.22. The van der Waals surface area contributed by atoms with Gasteiger partial charge in [-0.05, 0) is 26.2 Å². The van der Waals surface area contributed by atoms with Crippen LogP contribution < -0.4 is 33.2 Å². The third kappa shape index (κ3) is 11.7. The van der Waals surface area contributed by atoms with E-state index in [0.717, 1.165) is 0 Å². The molecule has 0 aromatic carbocycles. The van der Waals surface area contributed by atoms with Crippen molar-refractivity contribution in [2.24, 2.45) is 22.2 Å². The number of nitrogens with two attached hydrogens (primary N) is 3. The molecule has 0 saturated heterocycles. The predicted octanol–water partition coefficient (Wildman–Crippen LogP) is -3.88. The van der Waals surface area contributed by atoms with Crippen molar-refractivity contribution in [3.05, 3.63) is 18.2 Å². The van der Waals surface area contributed by atoms with Crippen molar-refractivity contribution in [2.75, 3.05) is 6.54 Å². The van der Waals surface area contributed by atoms with E-state index >= 15 is 0 Å². The maximum Gasteiger partial charge on any atom is 0.326 e. The highest BCUT2D eigenvalue weighted by molar-refractivity contribution is 5.94. The number of guanidine groups is 1. The number of rotatable bonds is 17. The molecule has 38 heavy (non-hydrogen) atoms. The van der Waals surface area contributed by atoms with E-state index in [9.17, 15) is 34.2 Å². The van der Waals surface area contributed by atoms with Crippen molar-refractivity contribution >= 4 is 35.6 Å². The average Bonchev–Trinajstić information content (AvgIpc) is 3.33. The first-order valence-electron chi connectivity index (χ1n) is 11.6. The summed E-state index contributed by atoms with van der Waals surface area (Å²) in [6.45, 7) is 1.30. The van der Waals surface area contributed by atoms with E-state index in [1.165, 1.54) is 19.4 Å². The number of nitrogens with one attached hydrogen (secondary N) is 4. The van der Waals surface area contributed by atoms with Crippen LogP contribution in [0.15, 0.2) is 17.5 Å². The zero-order valence-corrected chi connectivity index (χ0v) is 20.8. The van der Waals surface area contributed by atoms with Gasteiger partial charge in [-0.3, -0.25) is 24.2 Å². The lowest BCUT2D eigenvalue weighted by Crippen LogP contribution is -2.60. The van der Waals surface area contributed by atoms with Crippen LogP contribution in [0.1, 0.15) is 38.3 Å². The van der Waals surface area contributed by atoms with Crippen LogP contribution in [0.2, 0.25) is 0 Å². The molecule has 1 aromatic rings. The molecule has 5 unspecified atom stereocenters. The molecule has 212 valence electrons. The van der Waals surface area contributed by atoms with E-state index in [1.807, 2.05) is 0 Å². The number of aliphatic carboxylic acids is 2. The lowest BCUT2D eigenvalue weighted by Gasteiger charge is -2.26. The molecule has 3 amide bonds. The van der Waals surface area contributed by atoms with Crippen LogP contribution in [0.25, 0.3) is 0 Å². The smallest absolute Gasteiger partial charge is 0.326 e. The van der Waals surface area contributed by atoms with Gasteiger partial charge in [-0.1, -0.05) is 0 Å². The molecular weight excluding hydrogens is 506 g/mol. The maximum absolute atomic E-state index is 12.9. The standard InChI is InChI=1S/C21H35N9O8/c1-10(31)16(19(36)29-14(20(37)38)3-2-6-26-21(23)24)30-18(35)13(4-5-15(32)33)28-17(34)12(22)7-11-8-25-9-27-11/h8-10,12-14,16,31H,2-7,22H2,1H3,(H,25,27)(H,28,34)(H,29,36)(H,30,35)(H,32,33)(H,37,38)(H4,23,24,26). The Hall–Kier alpha value is -4.25. The van der Waals surface area contributed by atoms with Crippen LogP contribution in [0.3, 0.4) is 0 Å². The fourth-order valence-electron chi connectivity index (χ4n) is 3.22. The summed E-state index contributed by atoms with van der Waals surface area (Å²) in [6, 6.07) is -5.53. The maximum atomic E-state index is 12.9. The monoisotopic (exact) mass is 541 g/mol. The Morgan fingerprint density at radius 2 is 1.68 bits per heavy atom.